The molecule has 0 aromatic rings. The molecular weight excluding hydrogens is 492 g/mol. The molecule has 230 valence electrons. The molecular formula is C37H64O3. The van der Waals surface area contributed by atoms with Gasteiger partial charge in [-0.05, 0) is 116 Å². The van der Waals surface area contributed by atoms with Gasteiger partial charge in [0.1, 0.15) is 11.6 Å². The maximum atomic E-state index is 14.4. The number of fused-ring (bicyclic) bond motifs is 7. The monoisotopic (exact) mass is 556 g/mol. The number of hydrogen-bond donors (Lipinski definition) is 1. The van der Waals surface area contributed by atoms with Gasteiger partial charge in [-0.25, -0.2) is 0 Å². The van der Waals surface area contributed by atoms with Gasteiger partial charge in [0.05, 0.1) is 6.10 Å². The van der Waals surface area contributed by atoms with Crippen LogP contribution in [0.3, 0.4) is 0 Å². The van der Waals surface area contributed by atoms with Crippen LogP contribution in [0, 0.1) is 62.6 Å². The number of Topliss-reactive ketones (excluding diaryl/α,β-unsaturated/α-hetero) is 2. The highest BCUT2D eigenvalue weighted by Gasteiger charge is 2.69. The fourth-order valence-corrected chi connectivity index (χ4v) is 11.8. The SMILES string of the molecule is CC.CC.CC1(C)CCC2(C(=O)C3CCC3)CCC3C(C(=O)CC4C3(C)CCC3C(C)(C)C(O)CCC34C)C2C1. The van der Waals surface area contributed by atoms with Gasteiger partial charge < -0.3 is 5.11 Å². The molecule has 9 unspecified atom stereocenters. The van der Waals surface area contributed by atoms with Crippen molar-refractivity contribution in [1.29, 1.82) is 0 Å². The fraction of sp³-hybridized carbons (Fsp3) is 0.946. The minimum Gasteiger partial charge on any atom is -0.393 e. The quantitative estimate of drug-likeness (QED) is 0.368. The first-order valence-electron chi connectivity index (χ1n) is 17.5. The minimum absolute atomic E-state index is 0.0848. The predicted molar refractivity (Wildman–Crippen MR) is 166 cm³/mol. The third-order valence-electron chi connectivity index (χ3n) is 14.2. The highest BCUT2D eigenvalue weighted by Crippen LogP contribution is 2.73. The van der Waals surface area contributed by atoms with Crippen LogP contribution in [0.1, 0.15) is 153 Å². The number of carbonyl (C=O) groups excluding carboxylic acids is 2. The normalized spacial score (nSPS) is 46.8. The van der Waals surface area contributed by atoms with Crippen molar-refractivity contribution in [1.82, 2.24) is 0 Å². The van der Waals surface area contributed by atoms with E-state index in [1.54, 1.807) is 0 Å². The van der Waals surface area contributed by atoms with Crippen molar-refractivity contribution in [3.8, 4) is 0 Å². The topological polar surface area (TPSA) is 54.4 Å². The number of ketones is 2. The van der Waals surface area contributed by atoms with Crippen LogP contribution in [-0.2, 0) is 9.59 Å². The van der Waals surface area contributed by atoms with Gasteiger partial charge in [-0.15, -0.1) is 0 Å². The second kappa shape index (κ2) is 11.1. The number of rotatable bonds is 2. The Labute approximate surface area is 247 Å². The van der Waals surface area contributed by atoms with Gasteiger partial charge in [-0.2, -0.15) is 0 Å². The van der Waals surface area contributed by atoms with Crippen molar-refractivity contribution < 1.29 is 14.7 Å². The van der Waals surface area contributed by atoms with E-state index < -0.39 is 0 Å². The van der Waals surface area contributed by atoms with Crippen LogP contribution in [0.4, 0.5) is 0 Å². The lowest BCUT2D eigenvalue weighted by Crippen LogP contribution is -2.66. The van der Waals surface area contributed by atoms with Crippen LogP contribution < -0.4 is 0 Å². The number of aliphatic hydroxyl groups is 1. The molecule has 0 radical (unpaired) electrons. The third kappa shape index (κ3) is 4.61. The van der Waals surface area contributed by atoms with Crippen molar-refractivity contribution in [2.24, 2.45) is 62.6 Å². The maximum absolute atomic E-state index is 14.4. The molecule has 6 aliphatic rings. The molecule has 3 nitrogen and oxygen atoms in total. The first-order chi connectivity index (χ1) is 18.8. The molecule has 6 saturated carbocycles. The second-order valence-electron chi connectivity index (χ2n) is 16.5. The molecule has 0 aliphatic heterocycles. The van der Waals surface area contributed by atoms with E-state index in [1.807, 2.05) is 27.7 Å². The van der Waals surface area contributed by atoms with Gasteiger partial charge in [0.25, 0.3) is 0 Å². The molecule has 0 spiro atoms. The summed E-state index contributed by atoms with van der Waals surface area (Å²) in [5.41, 5.74) is 0.215. The molecule has 0 heterocycles. The molecule has 0 bridgehead atoms. The lowest BCUT2D eigenvalue weighted by Gasteiger charge is -2.69. The van der Waals surface area contributed by atoms with Crippen molar-refractivity contribution in [2.45, 2.75) is 159 Å². The van der Waals surface area contributed by atoms with Crippen molar-refractivity contribution >= 4 is 11.6 Å². The third-order valence-corrected chi connectivity index (χ3v) is 14.2. The second-order valence-corrected chi connectivity index (χ2v) is 16.5. The van der Waals surface area contributed by atoms with E-state index in [0.717, 1.165) is 57.8 Å². The summed E-state index contributed by atoms with van der Waals surface area (Å²) in [5, 5.41) is 10.9. The van der Waals surface area contributed by atoms with Crippen molar-refractivity contribution in [3.05, 3.63) is 0 Å². The Morgan fingerprint density at radius 3 is 1.95 bits per heavy atom. The maximum Gasteiger partial charge on any atom is 0.142 e. The van der Waals surface area contributed by atoms with E-state index in [9.17, 15) is 14.7 Å². The van der Waals surface area contributed by atoms with E-state index >= 15 is 0 Å². The summed E-state index contributed by atoms with van der Waals surface area (Å²) in [5.74, 6) is 3.01. The van der Waals surface area contributed by atoms with Gasteiger partial charge in [0.2, 0.25) is 0 Å². The van der Waals surface area contributed by atoms with E-state index in [2.05, 4.69) is 41.5 Å². The molecule has 0 aromatic carbocycles. The van der Waals surface area contributed by atoms with Crippen molar-refractivity contribution in [2.75, 3.05) is 0 Å². The lowest BCUT2D eigenvalue weighted by atomic mass is 9.34. The van der Waals surface area contributed by atoms with E-state index in [-0.39, 0.29) is 50.9 Å². The summed E-state index contributed by atoms with van der Waals surface area (Å²) in [4.78, 5) is 28.5. The molecule has 1 N–H and O–H groups in total. The molecule has 40 heavy (non-hydrogen) atoms. The smallest absolute Gasteiger partial charge is 0.142 e. The average Bonchev–Trinajstić information content (AvgIpc) is 2.88. The van der Waals surface area contributed by atoms with Crippen LogP contribution in [0.25, 0.3) is 0 Å². The Kier molecular flexibility index (Phi) is 8.94. The zero-order valence-corrected chi connectivity index (χ0v) is 28.0. The predicted octanol–water partition coefficient (Wildman–Crippen LogP) is 9.44. The van der Waals surface area contributed by atoms with Gasteiger partial charge in [-0.3, -0.25) is 9.59 Å². The van der Waals surface area contributed by atoms with Gasteiger partial charge in [0.15, 0.2) is 0 Å². The Hall–Kier alpha value is -0.700. The van der Waals surface area contributed by atoms with Crippen LogP contribution in [0.2, 0.25) is 0 Å². The van der Waals surface area contributed by atoms with E-state index in [1.165, 1.54) is 19.3 Å². The summed E-state index contributed by atoms with van der Waals surface area (Å²) in [6.07, 6.45) is 13.4. The number of carbonyl (C=O) groups is 2. The first kappa shape index (κ1) is 32.2. The lowest BCUT2D eigenvalue weighted by molar-refractivity contribution is -0.218. The molecule has 0 amide bonds. The Bertz CT molecular complexity index is 945. The highest BCUT2D eigenvalue weighted by molar-refractivity contribution is 5.91. The first-order valence-corrected chi connectivity index (χ1v) is 17.5. The Morgan fingerprint density at radius 2 is 1.35 bits per heavy atom. The summed E-state index contributed by atoms with van der Waals surface area (Å²) in [7, 11) is 0. The summed E-state index contributed by atoms with van der Waals surface area (Å²) >= 11 is 0. The molecule has 0 saturated heterocycles. The molecule has 9 atom stereocenters. The zero-order valence-electron chi connectivity index (χ0n) is 28.0. The highest BCUT2D eigenvalue weighted by atomic mass is 16.3. The van der Waals surface area contributed by atoms with E-state index in [0.29, 0.717) is 35.7 Å². The summed E-state index contributed by atoms with van der Waals surface area (Å²) < 4.78 is 0. The Morgan fingerprint density at radius 1 is 0.725 bits per heavy atom. The van der Waals surface area contributed by atoms with Gasteiger partial charge >= 0.3 is 0 Å². The van der Waals surface area contributed by atoms with Crippen LogP contribution in [0.5, 0.6) is 0 Å². The van der Waals surface area contributed by atoms with Gasteiger partial charge in [0, 0.05) is 23.7 Å². The standard InChI is InChI=1S/C33H52O3.2C2H6/c1-29(2)16-17-33(28(36)20-8-7-9-20)15-10-21-27(22(33)19-29)23(34)18-25-31(21,5)13-11-24-30(3,4)26(35)12-14-32(24,25)6;2*1-2/h20-22,24-27,35H,7-19H2,1-6H3;2*1-2H3. The summed E-state index contributed by atoms with van der Waals surface area (Å²) in [6, 6.07) is 0. The average molecular weight is 557 g/mol. The number of hydrogen-bond acceptors (Lipinski definition) is 3. The van der Waals surface area contributed by atoms with E-state index in [4.69, 9.17) is 0 Å². The Balaban J connectivity index is 0.000000886. The molecule has 6 fully saturated rings. The minimum atomic E-state index is -0.232. The van der Waals surface area contributed by atoms with Crippen LogP contribution in [0.15, 0.2) is 0 Å². The molecule has 0 aromatic heterocycles. The van der Waals surface area contributed by atoms with Gasteiger partial charge in [-0.1, -0.05) is 75.7 Å². The fourth-order valence-electron chi connectivity index (χ4n) is 11.8. The molecule has 6 rings (SSSR count). The summed E-state index contributed by atoms with van der Waals surface area (Å²) in [6.45, 7) is 22.4. The van der Waals surface area contributed by atoms with Crippen LogP contribution >= 0.6 is 0 Å². The van der Waals surface area contributed by atoms with Crippen LogP contribution in [-0.4, -0.2) is 22.8 Å². The molecule has 3 heteroatoms. The zero-order chi connectivity index (χ0) is 29.9. The molecule has 6 aliphatic carbocycles. The number of aliphatic hydroxyl groups excluding tert-OH is 1. The van der Waals surface area contributed by atoms with Crippen molar-refractivity contribution in [3.63, 3.8) is 0 Å². The largest absolute Gasteiger partial charge is 0.393 e.